The van der Waals surface area contributed by atoms with Crippen LogP contribution in [0.1, 0.15) is 25.5 Å². The van der Waals surface area contributed by atoms with Crippen LogP contribution in [0.3, 0.4) is 0 Å². The predicted octanol–water partition coefficient (Wildman–Crippen LogP) is 2.22. The Balaban J connectivity index is 2.15. The summed E-state index contributed by atoms with van der Waals surface area (Å²) in [6.45, 7) is 3.86. The smallest absolute Gasteiger partial charge is 0.287 e. The minimum absolute atomic E-state index is 0.0469. The summed E-state index contributed by atoms with van der Waals surface area (Å²) in [6, 6.07) is 5.17. The summed E-state index contributed by atoms with van der Waals surface area (Å²) in [5.74, 6) is 0.883. The first-order valence-electron chi connectivity index (χ1n) is 6.46. The number of ether oxygens (including phenoxy) is 1. The van der Waals surface area contributed by atoms with E-state index in [1.807, 2.05) is 13.8 Å². The second-order valence-corrected chi connectivity index (χ2v) is 5.81. The van der Waals surface area contributed by atoms with Crippen molar-refractivity contribution >= 4 is 16.8 Å². The van der Waals surface area contributed by atoms with Crippen molar-refractivity contribution in [2.24, 2.45) is 4.99 Å². The van der Waals surface area contributed by atoms with Gasteiger partial charge in [-0.15, -0.1) is 0 Å². The maximum Gasteiger partial charge on any atom is 0.287 e. The van der Waals surface area contributed by atoms with Gasteiger partial charge in [0, 0.05) is 11.6 Å². The molecule has 0 fully saturated rings. The fourth-order valence-corrected chi connectivity index (χ4v) is 3.19. The fourth-order valence-electron chi connectivity index (χ4n) is 2.17. The molecule has 0 N–H and O–H groups in total. The van der Waals surface area contributed by atoms with E-state index in [2.05, 4.69) is 15.1 Å². The van der Waals surface area contributed by atoms with Crippen molar-refractivity contribution in [3.63, 3.8) is 0 Å². The molecule has 0 aliphatic carbocycles. The lowest BCUT2D eigenvalue weighted by molar-refractivity contribution is 0.396. The van der Waals surface area contributed by atoms with Crippen molar-refractivity contribution < 1.29 is 4.74 Å². The molecule has 0 amide bonds. The van der Waals surface area contributed by atoms with Crippen LogP contribution in [0.15, 0.2) is 39.1 Å². The van der Waals surface area contributed by atoms with Crippen molar-refractivity contribution in [1.29, 1.82) is 0 Å². The quantitative estimate of drug-likeness (QED) is 0.850. The van der Waals surface area contributed by atoms with Crippen LogP contribution in [-0.4, -0.2) is 26.9 Å². The molecular formula is C14H14N4O2S. The van der Waals surface area contributed by atoms with Crippen LogP contribution in [0, 0.1) is 0 Å². The molecule has 6 nitrogen and oxygen atoms in total. The zero-order valence-electron chi connectivity index (χ0n) is 11.9. The lowest BCUT2D eigenvalue weighted by atomic mass is 10.1. The number of hydrogen-bond donors (Lipinski definition) is 0. The number of fused-ring (bicyclic) bond motifs is 1. The number of methoxy groups -OCH3 is 1. The lowest BCUT2D eigenvalue weighted by Gasteiger charge is -2.18. The molecule has 1 aliphatic heterocycles. The van der Waals surface area contributed by atoms with Crippen molar-refractivity contribution in [2.75, 3.05) is 7.11 Å². The van der Waals surface area contributed by atoms with E-state index in [0.29, 0.717) is 16.6 Å². The highest BCUT2D eigenvalue weighted by Crippen LogP contribution is 2.32. The maximum atomic E-state index is 12.6. The van der Waals surface area contributed by atoms with Gasteiger partial charge in [-0.2, -0.15) is 14.8 Å². The van der Waals surface area contributed by atoms with Gasteiger partial charge < -0.3 is 4.74 Å². The first-order chi connectivity index (χ1) is 10.1. The zero-order valence-corrected chi connectivity index (χ0v) is 12.7. The summed E-state index contributed by atoms with van der Waals surface area (Å²) >= 11 is 1.38. The van der Waals surface area contributed by atoms with Crippen LogP contribution in [0.25, 0.3) is 5.82 Å². The number of aliphatic imine (C=N–C) groups is 1. The van der Waals surface area contributed by atoms with Crippen LogP contribution in [0.5, 0.6) is 5.88 Å². The van der Waals surface area contributed by atoms with Gasteiger partial charge in [0.15, 0.2) is 5.82 Å². The molecule has 0 bridgehead atoms. The van der Waals surface area contributed by atoms with Gasteiger partial charge in [-0.3, -0.25) is 9.79 Å². The Kier molecular flexibility index (Phi) is 3.50. The zero-order chi connectivity index (χ0) is 15.0. The molecule has 3 rings (SSSR count). The number of hydrogen-bond acceptors (Lipinski definition) is 6. The first kappa shape index (κ1) is 13.8. The molecule has 1 atom stereocenters. The maximum absolute atomic E-state index is 12.6. The van der Waals surface area contributed by atoms with Crippen LogP contribution < -0.4 is 10.3 Å². The Morgan fingerprint density at radius 1 is 1.38 bits per heavy atom. The van der Waals surface area contributed by atoms with Crippen molar-refractivity contribution in [3.8, 4) is 11.7 Å². The molecule has 7 heteroatoms. The van der Waals surface area contributed by atoms with Crippen molar-refractivity contribution in [3.05, 3.63) is 40.3 Å². The Labute approximate surface area is 125 Å². The average Bonchev–Trinajstić information content (AvgIpc) is 2.48. The van der Waals surface area contributed by atoms with E-state index in [1.54, 1.807) is 24.4 Å². The summed E-state index contributed by atoms with van der Waals surface area (Å²) < 4.78 is 6.38. The van der Waals surface area contributed by atoms with Gasteiger partial charge in [-0.25, -0.2) is 0 Å². The summed E-state index contributed by atoms with van der Waals surface area (Å²) in [5, 5.41) is 5.09. The molecule has 2 aromatic rings. The second kappa shape index (κ2) is 5.33. The number of nitrogens with zero attached hydrogens (tertiary/aromatic N) is 4. The average molecular weight is 302 g/mol. The second-order valence-electron chi connectivity index (χ2n) is 4.61. The highest BCUT2D eigenvalue weighted by atomic mass is 32.2. The fraction of sp³-hybridized carbons (Fsp3) is 0.286. The normalized spacial score (nSPS) is 17.1. The van der Waals surface area contributed by atoms with Gasteiger partial charge in [0.05, 0.1) is 29.3 Å². The van der Waals surface area contributed by atoms with Gasteiger partial charge in [0.1, 0.15) is 0 Å². The van der Waals surface area contributed by atoms with Gasteiger partial charge in [0.25, 0.3) is 5.56 Å². The first-order valence-corrected chi connectivity index (χ1v) is 7.27. The molecule has 108 valence electrons. The molecule has 0 spiro atoms. The van der Waals surface area contributed by atoms with E-state index in [1.165, 1.54) is 23.6 Å². The Bertz CT molecular complexity index is 785. The van der Waals surface area contributed by atoms with E-state index >= 15 is 0 Å². The SMILES string of the molecule is COc1cccc(-n2ncc3c(c2=O)SC(C)=NC3C)n1. The third-order valence-electron chi connectivity index (χ3n) is 3.17. The number of rotatable bonds is 2. The van der Waals surface area contributed by atoms with E-state index in [-0.39, 0.29) is 11.6 Å². The molecule has 21 heavy (non-hydrogen) atoms. The molecule has 1 unspecified atom stereocenters. The number of thioether (sulfide) groups is 1. The van der Waals surface area contributed by atoms with Gasteiger partial charge in [0.2, 0.25) is 5.88 Å². The minimum Gasteiger partial charge on any atom is -0.481 e. The predicted molar refractivity (Wildman–Crippen MR) is 81.6 cm³/mol. The van der Waals surface area contributed by atoms with Gasteiger partial charge in [-0.05, 0) is 19.9 Å². The largest absolute Gasteiger partial charge is 0.481 e. The highest BCUT2D eigenvalue weighted by Gasteiger charge is 2.22. The van der Waals surface area contributed by atoms with Crippen LogP contribution in [0.4, 0.5) is 0 Å². The van der Waals surface area contributed by atoms with E-state index in [9.17, 15) is 4.79 Å². The Morgan fingerprint density at radius 2 is 2.19 bits per heavy atom. The van der Waals surface area contributed by atoms with Crippen LogP contribution >= 0.6 is 11.8 Å². The molecule has 2 aromatic heterocycles. The Morgan fingerprint density at radius 3 is 2.95 bits per heavy atom. The molecule has 1 aliphatic rings. The molecule has 0 radical (unpaired) electrons. The van der Waals surface area contributed by atoms with Crippen LogP contribution in [-0.2, 0) is 0 Å². The lowest BCUT2D eigenvalue weighted by Crippen LogP contribution is -2.26. The molecule has 3 heterocycles. The monoisotopic (exact) mass is 302 g/mol. The highest BCUT2D eigenvalue weighted by molar-refractivity contribution is 8.14. The van der Waals surface area contributed by atoms with Crippen molar-refractivity contribution in [1.82, 2.24) is 14.8 Å². The Hall–Kier alpha value is -2.15. The minimum atomic E-state index is -0.181. The molecule has 0 saturated carbocycles. The summed E-state index contributed by atoms with van der Waals surface area (Å²) in [6.07, 6.45) is 1.69. The molecule has 0 saturated heterocycles. The number of aromatic nitrogens is 3. The third kappa shape index (κ3) is 2.44. The van der Waals surface area contributed by atoms with Gasteiger partial charge >= 0.3 is 0 Å². The summed E-state index contributed by atoms with van der Waals surface area (Å²) in [4.78, 5) is 22.0. The summed E-state index contributed by atoms with van der Waals surface area (Å²) in [7, 11) is 1.53. The van der Waals surface area contributed by atoms with Crippen LogP contribution in [0.2, 0.25) is 0 Å². The standard InChI is InChI=1S/C14H14N4O2S/c1-8-10-7-15-18(11-5-4-6-12(17-11)20-3)14(19)13(10)21-9(2)16-8/h4-8H,1-3H3. The summed E-state index contributed by atoms with van der Waals surface area (Å²) in [5.41, 5.74) is 0.675. The van der Waals surface area contributed by atoms with E-state index < -0.39 is 0 Å². The van der Waals surface area contributed by atoms with Gasteiger partial charge in [-0.1, -0.05) is 17.8 Å². The van der Waals surface area contributed by atoms with E-state index in [4.69, 9.17) is 4.74 Å². The molecular weight excluding hydrogens is 288 g/mol. The topological polar surface area (TPSA) is 69.4 Å². The third-order valence-corrected chi connectivity index (χ3v) is 4.19. The number of pyridine rings is 1. The molecule has 0 aromatic carbocycles. The van der Waals surface area contributed by atoms with Crippen molar-refractivity contribution in [2.45, 2.75) is 24.8 Å². The van der Waals surface area contributed by atoms with E-state index in [0.717, 1.165) is 10.6 Å².